The number of aromatic nitrogens is 1. The molecule has 1 unspecified atom stereocenters. The Bertz CT molecular complexity index is 290. The fraction of sp³-hybridized carbons (Fsp3) is 0.556. The first-order valence-electron chi connectivity index (χ1n) is 4.33. The van der Waals surface area contributed by atoms with Gasteiger partial charge in [-0.1, -0.05) is 4.40 Å². The van der Waals surface area contributed by atoms with Crippen LogP contribution in [0.25, 0.3) is 0 Å². The van der Waals surface area contributed by atoms with Crippen molar-refractivity contribution in [3.05, 3.63) is 16.6 Å². The van der Waals surface area contributed by atoms with Crippen LogP contribution in [0.3, 0.4) is 0 Å². The van der Waals surface area contributed by atoms with Crippen molar-refractivity contribution in [1.29, 1.82) is 0 Å². The minimum atomic E-state index is -1.15. The molecule has 5 heteroatoms. The molecule has 0 N–H and O–H groups in total. The fourth-order valence-electron chi connectivity index (χ4n) is 0.695. The highest BCUT2D eigenvalue weighted by atomic mass is 32.2. The molecule has 0 saturated carbocycles. The summed E-state index contributed by atoms with van der Waals surface area (Å²) >= 11 is 0.428. The van der Waals surface area contributed by atoms with Gasteiger partial charge in [-0.2, -0.15) is 0 Å². The van der Waals surface area contributed by atoms with Gasteiger partial charge in [-0.05, 0) is 20.8 Å². The SMILES string of the molecule is CC(C)(C)[S+]([O-])N=CCc1nccs1. The second-order valence-electron chi connectivity index (χ2n) is 3.78. The Kier molecular flexibility index (Phi) is 4.10. The molecule has 0 radical (unpaired) electrons. The first-order valence-corrected chi connectivity index (χ1v) is 6.31. The molecule has 1 atom stereocenters. The molecule has 0 amide bonds. The number of nitrogens with zero attached hydrogens (tertiary/aromatic N) is 2. The summed E-state index contributed by atoms with van der Waals surface area (Å²) in [4.78, 5) is 4.10. The molecule has 0 fully saturated rings. The van der Waals surface area contributed by atoms with Gasteiger partial charge in [0.05, 0.1) is 11.2 Å². The fourth-order valence-corrected chi connectivity index (χ4v) is 1.79. The monoisotopic (exact) mass is 230 g/mol. The zero-order chi connectivity index (χ0) is 10.6. The van der Waals surface area contributed by atoms with E-state index in [9.17, 15) is 4.55 Å². The van der Waals surface area contributed by atoms with Crippen molar-refractivity contribution in [3.63, 3.8) is 0 Å². The third-order valence-electron chi connectivity index (χ3n) is 1.44. The van der Waals surface area contributed by atoms with Crippen molar-refractivity contribution >= 4 is 28.9 Å². The largest absolute Gasteiger partial charge is 0.591 e. The zero-order valence-corrected chi connectivity index (χ0v) is 10.2. The van der Waals surface area contributed by atoms with Crippen LogP contribution in [0.1, 0.15) is 25.8 Å². The van der Waals surface area contributed by atoms with Gasteiger partial charge in [-0.25, -0.2) is 4.98 Å². The summed E-state index contributed by atoms with van der Waals surface area (Å²) in [5.74, 6) is 0. The van der Waals surface area contributed by atoms with Crippen molar-refractivity contribution in [2.75, 3.05) is 0 Å². The van der Waals surface area contributed by atoms with Crippen LogP contribution in [0.2, 0.25) is 0 Å². The summed E-state index contributed by atoms with van der Waals surface area (Å²) < 4.78 is 15.2. The Hall–Kier alpha value is -0.390. The van der Waals surface area contributed by atoms with Crippen LogP contribution < -0.4 is 0 Å². The van der Waals surface area contributed by atoms with Gasteiger partial charge in [0.1, 0.15) is 16.1 Å². The highest BCUT2D eigenvalue weighted by Gasteiger charge is 2.25. The molecule has 1 aromatic rings. The van der Waals surface area contributed by atoms with Gasteiger partial charge in [0.15, 0.2) is 0 Å². The molecule has 78 valence electrons. The second kappa shape index (κ2) is 4.91. The van der Waals surface area contributed by atoms with Crippen molar-refractivity contribution in [2.24, 2.45) is 4.40 Å². The van der Waals surface area contributed by atoms with Gasteiger partial charge in [-0.3, -0.25) is 0 Å². The Morgan fingerprint density at radius 1 is 1.64 bits per heavy atom. The first-order chi connectivity index (χ1) is 6.50. The summed E-state index contributed by atoms with van der Waals surface area (Å²) in [5, 5.41) is 2.92. The molecule has 0 aliphatic carbocycles. The third-order valence-corrected chi connectivity index (χ3v) is 3.63. The van der Waals surface area contributed by atoms with Crippen LogP contribution in [-0.4, -0.2) is 20.5 Å². The molecular weight excluding hydrogens is 216 g/mol. The second-order valence-corrected chi connectivity index (χ2v) is 6.69. The van der Waals surface area contributed by atoms with Gasteiger partial charge in [0.25, 0.3) is 0 Å². The standard InChI is InChI=1S/C9H14N2OS2/c1-9(2,3)14(12)11-5-4-8-10-6-7-13-8/h5-7H,4H2,1-3H3. The third kappa shape index (κ3) is 3.77. The molecule has 0 aliphatic rings. The van der Waals surface area contributed by atoms with Crippen LogP contribution >= 0.6 is 11.3 Å². The first kappa shape index (κ1) is 11.7. The average molecular weight is 230 g/mol. The van der Waals surface area contributed by atoms with Gasteiger partial charge < -0.3 is 4.55 Å². The van der Waals surface area contributed by atoms with E-state index in [0.29, 0.717) is 6.42 Å². The Labute approximate surface area is 91.6 Å². The number of hydrogen-bond acceptors (Lipinski definition) is 4. The molecule has 1 heterocycles. The molecule has 1 rings (SSSR count). The van der Waals surface area contributed by atoms with Gasteiger partial charge in [0, 0.05) is 18.0 Å². The highest BCUT2D eigenvalue weighted by Crippen LogP contribution is 2.16. The number of rotatable bonds is 3. The lowest BCUT2D eigenvalue weighted by Crippen LogP contribution is -2.25. The Balaban J connectivity index is 2.42. The van der Waals surface area contributed by atoms with Crippen molar-refractivity contribution in [1.82, 2.24) is 4.98 Å². The summed E-state index contributed by atoms with van der Waals surface area (Å²) in [7, 11) is 0. The van der Waals surface area contributed by atoms with E-state index in [0.717, 1.165) is 5.01 Å². The number of thiazole rings is 1. The summed E-state index contributed by atoms with van der Waals surface area (Å²) in [5.41, 5.74) is 0. The van der Waals surface area contributed by atoms with E-state index < -0.39 is 11.4 Å². The predicted molar refractivity (Wildman–Crippen MR) is 62.2 cm³/mol. The molecule has 1 aromatic heterocycles. The van der Waals surface area contributed by atoms with E-state index in [4.69, 9.17) is 0 Å². The lowest BCUT2D eigenvalue weighted by atomic mass is 10.3. The lowest BCUT2D eigenvalue weighted by Gasteiger charge is -2.17. The van der Waals surface area contributed by atoms with E-state index in [1.54, 1.807) is 23.7 Å². The van der Waals surface area contributed by atoms with Crippen LogP contribution in [0.4, 0.5) is 0 Å². The van der Waals surface area contributed by atoms with Crippen LogP contribution in [0.15, 0.2) is 16.0 Å². The Morgan fingerprint density at radius 3 is 2.86 bits per heavy atom. The van der Waals surface area contributed by atoms with Crippen molar-refractivity contribution < 1.29 is 4.55 Å². The molecular formula is C9H14N2OS2. The summed E-state index contributed by atoms with van der Waals surface area (Å²) in [6.07, 6.45) is 4.11. The maximum absolute atomic E-state index is 11.5. The maximum atomic E-state index is 11.5. The minimum Gasteiger partial charge on any atom is -0.591 e. The molecule has 0 saturated heterocycles. The summed E-state index contributed by atoms with van der Waals surface area (Å²) in [6.45, 7) is 5.72. The smallest absolute Gasteiger partial charge is 0.144 e. The molecule has 0 spiro atoms. The number of hydrogen-bond donors (Lipinski definition) is 0. The molecule has 3 nitrogen and oxygen atoms in total. The molecule has 0 aromatic carbocycles. The molecule has 0 bridgehead atoms. The predicted octanol–water partition coefficient (Wildman–Crippen LogP) is 2.22. The quantitative estimate of drug-likeness (QED) is 0.590. The van der Waals surface area contributed by atoms with Crippen LogP contribution in [0.5, 0.6) is 0 Å². The van der Waals surface area contributed by atoms with Crippen molar-refractivity contribution in [2.45, 2.75) is 31.9 Å². The molecule has 0 aliphatic heterocycles. The normalized spacial score (nSPS) is 14.9. The summed E-state index contributed by atoms with van der Waals surface area (Å²) in [6, 6.07) is 0. The van der Waals surface area contributed by atoms with Crippen molar-refractivity contribution in [3.8, 4) is 0 Å². The lowest BCUT2D eigenvalue weighted by molar-refractivity contribution is 0.561. The van der Waals surface area contributed by atoms with E-state index in [2.05, 4.69) is 9.38 Å². The average Bonchev–Trinajstić information content (AvgIpc) is 2.55. The van der Waals surface area contributed by atoms with E-state index in [1.807, 2.05) is 26.2 Å². The van der Waals surface area contributed by atoms with E-state index in [1.165, 1.54) is 0 Å². The van der Waals surface area contributed by atoms with Gasteiger partial charge >= 0.3 is 0 Å². The molecule has 14 heavy (non-hydrogen) atoms. The van der Waals surface area contributed by atoms with Gasteiger partial charge in [-0.15, -0.1) is 11.3 Å². The Morgan fingerprint density at radius 2 is 2.36 bits per heavy atom. The van der Waals surface area contributed by atoms with Crippen LogP contribution in [0, 0.1) is 0 Å². The highest BCUT2D eigenvalue weighted by molar-refractivity contribution is 7.91. The topological polar surface area (TPSA) is 48.3 Å². The van der Waals surface area contributed by atoms with Gasteiger partial charge in [0.2, 0.25) is 0 Å². The minimum absolute atomic E-state index is 0.278. The zero-order valence-electron chi connectivity index (χ0n) is 8.56. The van der Waals surface area contributed by atoms with E-state index in [-0.39, 0.29) is 4.75 Å². The van der Waals surface area contributed by atoms with E-state index >= 15 is 0 Å². The maximum Gasteiger partial charge on any atom is 0.144 e. The van der Waals surface area contributed by atoms with Crippen LogP contribution in [-0.2, 0) is 17.8 Å².